The molecule has 46 valence electrons. The number of H-pyrrole nitrogens is 1. The summed E-state index contributed by atoms with van der Waals surface area (Å²) in [5, 5.41) is 8.39. The number of aromatic nitrogens is 1. The molecule has 0 spiro atoms. The summed E-state index contributed by atoms with van der Waals surface area (Å²) in [6.07, 6.45) is 0.0971. The van der Waals surface area contributed by atoms with Crippen molar-refractivity contribution in [3.8, 4) is 0 Å². The summed E-state index contributed by atoms with van der Waals surface area (Å²) in [6.45, 7) is 0. The molecule has 0 amide bonds. The smallest absolute Gasteiger partial charge is 0.401 e. The van der Waals surface area contributed by atoms with E-state index in [1.165, 1.54) is 18.2 Å². The predicted molar refractivity (Wildman–Crippen MR) is 30.0 cm³/mol. The van der Waals surface area contributed by atoms with Gasteiger partial charge >= 0.3 is 5.97 Å². The van der Waals surface area contributed by atoms with E-state index in [0.717, 1.165) is 0 Å². The zero-order valence-electron chi connectivity index (χ0n) is 5.59. The van der Waals surface area contributed by atoms with E-state index < -0.39 is 5.97 Å². The highest BCUT2D eigenvalue weighted by Crippen LogP contribution is 1.85. The maximum atomic E-state index is 10.2. The molecule has 3 nitrogen and oxygen atoms in total. The van der Waals surface area contributed by atoms with Crippen molar-refractivity contribution in [1.29, 1.82) is 0 Å². The molecule has 1 rings (SSSR count). The number of nitrogens with one attached hydrogen (secondary N) is 1. The maximum absolute atomic E-state index is 10.2. The number of pyridine rings is 1. The quantitative estimate of drug-likeness (QED) is 0.582. The third kappa shape index (κ3) is 1.25. The number of rotatable bonds is 1. The van der Waals surface area contributed by atoms with Crippen LogP contribution in [0.25, 0.3) is 0 Å². The SMILES string of the molecule is [2H]c1cccc(C(=O)O)[nH+]1. The number of aromatic amines is 1. The van der Waals surface area contributed by atoms with Crippen LogP contribution in [0.5, 0.6) is 0 Å². The normalized spacial score (nSPS) is 10.4. The topological polar surface area (TPSA) is 51.4 Å². The highest BCUT2D eigenvalue weighted by atomic mass is 16.4. The third-order valence-corrected chi connectivity index (χ3v) is 0.880. The van der Waals surface area contributed by atoms with Crippen molar-refractivity contribution in [2.24, 2.45) is 0 Å². The van der Waals surface area contributed by atoms with E-state index in [0.29, 0.717) is 0 Å². The lowest BCUT2D eigenvalue weighted by atomic mass is 10.4. The first-order valence-electron chi connectivity index (χ1n) is 2.92. The van der Waals surface area contributed by atoms with Crippen LogP contribution in [-0.4, -0.2) is 11.1 Å². The number of carbonyl (C=O) groups is 1. The number of aromatic carboxylic acids is 1. The summed E-state index contributed by atoms with van der Waals surface area (Å²) in [6, 6.07) is 4.40. The predicted octanol–water partition coefficient (Wildman–Crippen LogP) is 0.199. The van der Waals surface area contributed by atoms with Crippen molar-refractivity contribution in [2.45, 2.75) is 0 Å². The Kier molecular flexibility index (Phi) is 1.13. The van der Waals surface area contributed by atoms with Gasteiger partial charge in [0.2, 0.25) is 0 Å². The summed E-state index contributed by atoms with van der Waals surface area (Å²) in [5.74, 6) is -1.05. The highest BCUT2D eigenvalue weighted by molar-refractivity contribution is 5.83. The van der Waals surface area contributed by atoms with Crippen molar-refractivity contribution in [3.05, 3.63) is 30.1 Å². The van der Waals surface area contributed by atoms with Gasteiger partial charge in [0.1, 0.15) is 1.37 Å². The minimum Gasteiger partial charge on any atom is -0.473 e. The summed E-state index contributed by atoms with van der Waals surface area (Å²) >= 11 is 0. The van der Waals surface area contributed by atoms with Crippen LogP contribution in [0.3, 0.4) is 0 Å². The molecule has 2 N–H and O–H groups in total. The van der Waals surface area contributed by atoms with Gasteiger partial charge < -0.3 is 5.11 Å². The Morgan fingerprint density at radius 3 is 3.00 bits per heavy atom. The second kappa shape index (κ2) is 2.26. The number of hydrogen-bond acceptors (Lipinski definition) is 1. The van der Waals surface area contributed by atoms with Crippen LogP contribution in [0, 0.1) is 0 Å². The molecule has 0 aromatic carbocycles. The van der Waals surface area contributed by atoms with Crippen molar-refractivity contribution in [1.82, 2.24) is 0 Å². The van der Waals surface area contributed by atoms with E-state index in [1.54, 1.807) is 0 Å². The van der Waals surface area contributed by atoms with Gasteiger partial charge in [0.05, 0.1) is 0 Å². The zero-order chi connectivity index (χ0) is 7.56. The van der Waals surface area contributed by atoms with Gasteiger partial charge in [0, 0.05) is 12.1 Å². The lowest BCUT2D eigenvalue weighted by Gasteiger charge is -1.80. The fourth-order valence-electron chi connectivity index (χ4n) is 0.478. The molecule has 0 aliphatic rings. The van der Waals surface area contributed by atoms with Gasteiger partial charge in [-0.2, -0.15) is 0 Å². The van der Waals surface area contributed by atoms with Crippen molar-refractivity contribution in [3.63, 3.8) is 0 Å². The van der Waals surface area contributed by atoms with Crippen LogP contribution < -0.4 is 4.98 Å². The number of hydrogen-bond donors (Lipinski definition) is 1. The Labute approximate surface area is 53.4 Å². The number of carboxylic acid groups (broad SMARTS) is 1. The second-order valence-electron chi connectivity index (χ2n) is 1.51. The summed E-state index contributed by atoms with van der Waals surface area (Å²) in [5.41, 5.74) is 0.0347. The van der Waals surface area contributed by atoms with Crippen LogP contribution in [0.15, 0.2) is 24.4 Å². The summed E-state index contributed by atoms with van der Waals surface area (Å²) in [4.78, 5) is 12.6. The van der Waals surface area contributed by atoms with Crippen molar-refractivity contribution < 1.29 is 16.3 Å². The van der Waals surface area contributed by atoms with Gasteiger partial charge in [-0.15, -0.1) is 0 Å². The van der Waals surface area contributed by atoms with E-state index >= 15 is 0 Å². The monoisotopic (exact) mass is 125 g/mol. The summed E-state index contributed by atoms with van der Waals surface area (Å²) in [7, 11) is 0. The molecule has 0 saturated carbocycles. The molecule has 0 fully saturated rings. The minimum absolute atomic E-state index is 0.0347. The molecule has 1 aromatic heterocycles. The first kappa shape index (κ1) is 4.49. The lowest BCUT2D eigenvalue weighted by molar-refractivity contribution is -0.383. The highest BCUT2D eigenvalue weighted by Gasteiger charge is 2.06. The molecule has 0 bridgehead atoms. The number of carboxylic acids is 1. The maximum Gasteiger partial charge on any atom is 0.401 e. The molecule has 0 aliphatic heterocycles. The van der Waals surface area contributed by atoms with Gasteiger partial charge in [-0.25, -0.2) is 9.78 Å². The first-order chi connectivity index (χ1) is 4.70. The van der Waals surface area contributed by atoms with Crippen LogP contribution >= 0.6 is 0 Å². The van der Waals surface area contributed by atoms with Gasteiger partial charge in [-0.3, -0.25) is 0 Å². The standard InChI is InChI=1S/C6H5NO2/c8-6(9)5-3-1-2-4-7-5/h1-4H,(H,8,9)/p+1/i4D. The van der Waals surface area contributed by atoms with Crippen LogP contribution in [0.1, 0.15) is 11.9 Å². The van der Waals surface area contributed by atoms with E-state index in [2.05, 4.69) is 4.98 Å². The Morgan fingerprint density at radius 2 is 2.56 bits per heavy atom. The largest absolute Gasteiger partial charge is 0.473 e. The van der Waals surface area contributed by atoms with Gasteiger partial charge in [-0.05, 0) is 6.07 Å². The molecule has 1 aromatic rings. The lowest BCUT2D eigenvalue weighted by Crippen LogP contribution is -2.14. The van der Waals surface area contributed by atoms with Gasteiger partial charge in [0.15, 0.2) is 6.17 Å². The Bertz CT molecular complexity index is 262. The minimum atomic E-state index is -1.05. The molecule has 0 aliphatic carbocycles. The van der Waals surface area contributed by atoms with Gasteiger partial charge in [0.25, 0.3) is 5.69 Å². The van der Waals surface area contributed by atoms with Crippen molar-refractivity contribution in [2.75, 3.05) is 0 Å². The Morgan fingerprint density at radius 1 is 1.78 bits per heavy atom. The molecular formula is C6H6NO2+. The average molecular weight is 125 g/mol. The van der Waals surface area contributed by atoms with E-state index in [9.17, 15) is 4.79 Å². The van der Waals surface area contributed by atoms with E-state index in [-0.39, 0.29) is 11.9 Å². The van der Waals surface area contributed by atoms with Gasteiger partial charge in [-0.1, -0.05) is 0 Å². The fourth-order valence-corrected chi connectivity index (χ4v) is 0.478. The van der Waals surface area contributed by atoms with Crippen LogP contribution in [-0.2, 0) is 0 Å². The summed E-state index contributed by atoms with van der Waals surface area (Å²) < 4.78 is 7.01. The van der Waals surface area contributed by atoms with Crippen LogP contribution in [0.2, 0.25) is 0 Å². The zero-order valence-corrected chi connectivity index (χ0v) is 4.59. The molecule has 3 heteroatoms. The van der Waals surface area contributed by atoms with E-state index in [1.807, 2.05) is 0 Å². The third-order valence-electron chi connectivity index (χ3n) is 0.880. The molecule has 9 heavy (non-hydrogen) atoms. The molecule has 0 atom stereocenters. The molecule has 1 heterocycles. The first-order valence-corrected chi connectivity index (χ1v) is 2.42. The molecular weight excluding hydrogens is 118 g/mol. The van der Waals surface area contributed by atoms with Crippen molar-refractivity contribution >= 4 is 5.97 Å². The van der Waals surface area contributed by atoms with Crippen LogP contribution in [0.4, 0.5) is 0 Å². The van der Waals surface area contributed by atoms with E-state index in [4.69, 9.17) is 6.48 Å². The molecule has 0 saturated heterocycles. The Balaban J connectivity index is 3.07. The Hall–Kier alpha value is -1.38. The molecule has 0 unspecified atom stereocenters. The molecule has 0 radical (unpaired) electrons. The average Bonchev–Trinajstić information content (AvgIpc) is 1.88. The fraction of sp³-hybridized carbons (Fsp3) is 0. The second-order valence-corrected chi connectivity index (χ2v) is 1.51.